The molecule has 0 aromatic heterocycles. The quantitative estimate of drug-likeness (QED) is 0.368. The number of rotatable bonds is 12. The molecule has 5 heteroatoms. The van der Waals surface area contributed by atoms with Gasteiger partial charge in [-0.2, -0.15) is 0 Å². The zero-order valence-electron chi connectivity index (χ0n) is 21.7. The number of unbranched alkanes of at least 4 members (excludes halogenated alkanes) is 1. The van der Waals surface area contributed by atoms with Crippen LogP contribution in [0.15, 0.2) is 42.5 Å². The molecule has 2 aromatic rings. The first-order chi connectivity index (χ1) is 16.9. The lowest BCUT2D eigenvalue weighted by Crippen LogP contribution is -2.40. The Hall–Kier alpha value is -2.66. The predicted molar refractivity (Wildman–Crippen MR) is 143 cm³/mol. The van der Waals surface area contributed by atoms with E-state index in [1.54, 1.807) is 0 Å². The van der Waals surface area contributed by atoms with Crippen molar-refractivity contribution in [3.63, 3.8) is 0 Å². The second-order valence-corrected chi connectivity index (χ2v) is 10.2. The lowest BCUT2D eigenvalue weighted by molar-refractivity contribution is -0.139. The number of hydrogen-bond acceptors (Lipinski definition) is 3. The van der Waals surface area contributed by atoms with E-state index in [2.05, 4.69) is 23.3 Å². The first-order valence-electron chi connectivity index (χ1n) is 13.3. The number of carbonyl (C=O) groups excluding carboxylic acids is 1. The monoisotopic (exact) mass is 478 g/mol. The van der Waals surface area contributed by atoms with Gasteiger partial charge in [-0.3, -0.25) is 4.79 Å². The second kappa shape index (κ2) is 13.4. The molecule has 190 valence electrons. The van der Waals surface area contributed by atoms with Crippen LogP contribution in [0.1, 0.15) is 86.2 Å². The van der Waals surface area contributed by atoms with Crippen LogP contribution in [0.2, 0.25) is 0 Å². The van der Waals surface area contributed by atoms with Crippen molar-refractivity contribution in [2.45, 2.75) is 84.2 Å². The summed E-state index contributed by atoms with van der Waals surface area (Å²) < 4.78 is 0. The molecule has 5 nitrogen and oxygen atoms in total. The van der Waals surface area contributed by atoms with Gasteiger partial charge in [0.1, 0.15) is 6.04 Å². The number of carboxylic acid groups (broad SMARTS) is 1. The molecule has 1 saturated carbocycles. The smallest absolute Gasteiger partial charge is 0.326 e. The SMILES string of the molecule is CCCCC(NC(=O)c1ccc(CN(C)CCC2CCCCC2)cc1-c1ccccc1C)C(=O)O. The highest BCUT2D eigenvalue weighted by molar-refractivity contribution is 6.02. The van der Waals surface area contributed by atoms with Crippen LogP contribution in [0, 0.1) is 12.8 Å². The van der Waals surface area contributed by atoms with Gasteiger partial charge < -0.3 is 15.3 Å². The fourth-order valence-electron chi connectivity index (χ4n) is 5.16. The van der Waals surface area contributed by atoms with Gasteiger partial charge in [0.25, 0.3) is 5.91 Å². The van der Waals surface area contributed by atoms with E-state index < -0.39 is 12.0 Å². The molecule has 0 saturated heterocycles. The van der Waals surface area contributed by atoms with Crippen molar-refractivity contribution >= 4 is 11.9 Å². The van der Waals surface area contributed by atoms with Gasteiger partial charge in [0.05, 0.1) is 0 Å². The van der Waals surface area contributed by atoms with E-state index in [1.807, 2.05) is 50.2 Å². The predicted octanol–water partition coefficient (Wildman–Crippen LogP) is 6.44. The highest BCUT2D eigenvalue weighted by Crippen LogP contribution is 2.29. The van der Waals surface area contributed by atoms with Crippen LogP contribution in [0.3, 0.4) is 0 Å². The maximum Gasteiger partial charge on any atom is 0.326 e. The van der Waals surface area contributed by atoms with Crippen LogP contribution in [-0.2, 0) is 11.3 Å². The molecule has 1 amide bonds. The standard InChI is InChI=1S/C30H42N2O3/c1-4-5-15-28(30(34)35)31-29(33)26-17-16-24(20-27(26)25-14-10-9-11-22(25)2)21-32(3)19-18-23-12-7-6-8-13-23/h9-11,14,16-17,20,23,28H,4-8,12-13,15,18-19,21H2,1-3H3,(H,31,33)(H,34,35). The summed E-state index contributed by atoms with van der Waals surface area (Å²) in [7, 11) is 2.17. The van der Waals surface area contributed by atoms with Crippen molar-refractivity contribution in [1.29, 1.82) is 0 Å². The average Bonchev–Trinajstić information content (AvgIpc) is 2.86. The van der Waals surface area contributed by atoms with Crippen LogP contribution in [0.25, 0.3) is 11.1 Å². The van der Waals surface area contributed by atoms with Gasteiger partial charge in [0.2, 0.25) is 0 Å². The highest BCUT2D eigenvalue weighted by Gasteiger charge is 2.23. The maximum atomic E-state index is 13.3. The largest absolute Gasteiger partial charge is 0.480 e. The third kappa shape index (κ3) is 7.93. The molecular formula is C30H42N2O3. The summed E-state index contributed by atoms with van der Waals surface area (Å²) in [6.07, 6.45) is 10.2. The minimum atomic E-state index is -0.986. The van der Waals surface area contributed by atoms with Crippen molar-refractivity contribution in [3.8, 4) is 11.1 Å². The molecule has 2 N–H and O–H groups in total. The van der Waals surface area contributed by atoms with Crippen LogP contribution >= 0.6 is 0 Å². The normalized spacial score (nSPS) is 15.2. The molecule has 0 heterocycles. The summed E-state index contributed by atoms with van der Waals surface area (Å²) in [6.45, 7) is 5.95. The maximum absolute atomic E-state index is 13.3. The van der Waals surface area contributed by atoms with Crippen molar-refractivity contribution in [2.75, 3.05) is 13.6 Å². The van der Waals surface area contributed by atoms with E-state index in [9.17, 15) is 14.7 Å². The van der Waals surface area contributed by atoms with E-state index in [4.69, 9.17) is 0 Å². The number of nitrogens with one attached hydrogen (secondary N) is 1. The van der Waals surface area contributed by atoms with E-state index in [0.29, 0.717) is 12.0 Å². The number of aliphatic carboxylic acids is 1. The summed E-state index contributed by atoms with van der Waals surface area (Å²) in [4.78, 5) is 27.3. The third-order valence-corrected chi connectivity index (χ3v) is 7.31. The first-order valence-corrected chi connectivity index (χ1v) is 13.3. The molecule has 1 aliphatic rings. The molecule has 0 aliphatic heterocycles. The zero-order valence-corrected chi connectivity index (χ0v) is 21.7. The Labute approximate surface area is 210 Å². The van der Waals surface area contributed by atoms with Gasteiger partial charge in [0, 0.05) is 12.1 Å². The second-order valence-electron chi connectivity index (χ2n) is 10.2. The van der Waals surface area contributed by atoms with Gasteiger partial charge in [-0.1, -0.05) is 82.2 Å². The molecule has 1 aliphatic carbocycles. The Morgan fingerprint density at radius 3 is 2.51 bits per heavy atom. The Bertz CT molecular complexity index is 981. The number of amides is 1. The van der Waals surface area contributed by atoms with Crippen LogP contribution in [0.4, 0.5) is 0 Å². The number of aryl methyl sites for hydroxylation is 1. The Kier molecular flexibility index (Phi) is 10.3. The highest BCUT2D eigenvalue weighted by atomic mass is 16.4. The number of carbonyl (C=O) groups is 2. The first kappa shape index (κ1) is 26.9. The number of nitrogens with zero attached hydrogens (tertiary/aromatic N) is 1. The van der Waals surface area contributed by atoms with Crippen LogP contribution in [0.5, 0.6) is 0 Å². The van der Waals surface area contributed by atoms with Crippen molar-refractivity contribution in [1.82, 2.24) is 10.2 Å². The van der Waals surface area contributed by atoms with Crippen molar-refractivity contribution in [2.24, 2.45) is 5.92 Å². The van der Waals surface area contributed by atoms with Gasteiger partial charge in [-0.15, -0.1) is 0 Å². The molecule has 1 unspecified atom stereocenters. The van der Waals surface area contributed by atoms with E-state index in [0.717, 1.165) is 54.1 Å². The van der Waals surface area contributed by atoms with Gasteiger partial charge in [-0.05, 0) is 73.7 Å². The Morgan fingerprint density at radius 2 is 1.83 bits per heavy atom. The van der Waals surface area contributed by atoms with Crippen molar-refractivity contribution < 1.29 is 14.7 Å². The van der Waals surface area contributed by atoms with Crippen molar-refractivity contribution in [3.05, 3.63) is 59.2 Å². The zero-order chi connectivity index (χ0) is 25.2. The summed E-state index contributed by atoms with van der Waals surface area (Å²) >= 11 is 0. The fourth-order valence-corrected chi connectivity index (χ4v) is 5.16. The van der Waals surface area contributed by atoms with Crippen LogP contribution in [-0.4, -0.2) is 41.5 Å². The number of benzene rings is 2. The number of carboxylic acids is 1. The summed E-state index contributed by atoms with van der Waals surface area (Å²) in [5.74, 6) is -0.459. The minimum absolute atomic E-state index is 0.330. The van der Waals surface area contributed by atoms with Gasteiger partial charge >= 0.3 is 5.97 Å². The molecule has 2 aromatic carbocycles. The molecule has 1 atom stereocenters. The van der Waals surface area contributed by atoms with Gasteiger partial charge in [0.15, 0.2) is 0 Å². The average molecular weight is 479 g/mol. The summed E-state index contributed by atoms with van der Waals surface area (Å²) in [5, 5.41) is 12.4. The summed E-state index contributed by atoms with van der Waals surface area (Å²) in [5.41, 5.74) is 4.63. The Morgan fingerprint density at radius 1 is 1.09 bits per heavy atom. The van der Waals surface area contributed by atoms with E-state index in [1.165, 1.54) is 38.5 Å². The van der Waals surface area contributed by atoms with E-state index >= 15 is 0 Å². The lowest BCUT2D eigenvalue weighted by Gasteiger charge is -2.25. The lowest BCUT2D eigenvalue weighted by atomic mass is 9.87. The summed E-state index contributed by atoms with van der Waals surface area (Å²) in [6, 6.07) is 13.1. The molecule has 35 heavy (non-hydrogen) atoms. The third-order valence-electron chi connectivity index (χ3n) is 7.31. The molecule has 1 fully saturated rings. The Balaban J connectivity index is 1.80. The molecule has 0 bridgehead atoms. The fraction of sp³-hybridized carbons (Fsp3) is 0.533. The molecule has 0 radical (unpaired) electrons. The van der Waals surface area contributed by atoms with E-state index in [-0.39, 0.29) is 5.91 Å². The molecular weight excluding hydrogens is 436 g/mol. The van der Waals surface area contributed by atoms with Gasteiger partial charge in [-0.25, -0.2) is 4.79 Å². The van der Waals surface area contributed by atoms with Crippen LogP contribution < -0.4 is 5.32 Å². The molecule has 0 spiro atoms. The number of hydrogen-bond donors (Lipinski definition) is 2. The minimum Gasteiger partial charge on any atom is -0.480 e. The topological polar surface area (TPSA) is 69.6 Å². The molecule has 3 rings (SSSR count).